The summed E-state index contributed by atoms with van der Waals surface area (Å²) in [4.78, 5) is 0. The number of hydrogen-bond acceptors (Lipinski definition) is 5. The van der Waals surface area contributed by atoms with Crippen molar-refractivity contribution in [2.45, 2.75) is 46.2 Å². The summed E-state index contributed by atoms with van der Waals surface area (Å²) in [6, 6.07) is 10.4. The maximum absolute atomic E-state index is 14.8. The Morgan fingerprint density at radius 2 is 1.74 bits per heavy atom. The first kappa shape index (κ1) is 20.1. The molecule has 3 rings (SSSR count). The van der Waals surface area contributed by atoms with Crippen LogP contribution in [0.25, 0.3) is 0 Å². The van der Waals surface area contributed by atoms with Crippen molar-refractivity contribution in [2.24, 2.45) is 5.73 Å². The van der Waals surface area contributed by atoms with Crippen LogP contribution in [0.3, 0.4) is 0 Å². The van der Waals surface area contributed by atoms with Crippen molar-refractivity contribution in [3.05, 3.63) is 58.9 Å². The highest BCUT2D eigenvalue weighted by Crippen LogP contribution is 2.60. The van der Waals surface area contributed by atoms with Gasteiger partial charge in [0, 0.05) is 12.6 Å². The molecule has 0 amide bonds. The van der Waals surface area contributed by atoms with E-state index in [-0.39, 0.29) is 11.7 Å². The monoisotopic (exact) mass is 393 g/mol. The number of anilines is 2. The Kier molecular flexibility index (Phi) is 5.79. The molecule has 7 heteroatoms. The molecule has 0 saturated carbocycles. The Morgan fingerprint density at radius 3 is 2.37 bits per heavy atom. The minimum atomic E-state index is -3.42. The fraction of sp³-hybridized carbons (Fsp3) is 0.400. The third-order valence-corrected chi connectivity index (χ3v) is 6.98. The van der Waals surface area contributed by atoms with Gasteiger partial charge in [0.1, 0.15) is 5.82 Å². The van der Waals surface area contributed by atoms with Crippen LogP contribution in [0.5, 0.6) is 0 Å². The maximum atomic E-state index is 14.8. The number of aryl methyl sites for hydroxylation is 2. The van der Waals surface area contributed by atoms with Crippen molar-refractivity contribution in [3.63, 3.8) is 0 Å². The highest BCUT2D eigenvalue weighted by atomic mass is 32.3. The lowest BCUT2D eigenvalue weighted by Gasteiger charge is -2.55. The molecule has 2 aromatic carbocycles. The van der Waals surface area contributed by atoms with Crippen LogP contribution in [0.4, 0.5) is 15.8 Å². The van der Waals surface area contributed by atoms with E-state index in [9.17, 15) is 13.5 Å². The number of benzene rings is 2. The Hall–Kier alpha value is -1.64. The number of rotatable bonds is 5. The van der Waals surface area contributed by atoms with Gasteiger partial charge in [-0.15, -0.1) is 0 Å². The van der Waals surface area contributed by atoms with Crippen LogP contribution in [-0.2, 0) is 6.54 Å². The third kappa shape index (κ3) is 3.83. The minimum Gasteiger partial charge on any atom is -0.330 e. The van der Waals surface area contributed by atoms with Crippen LogP contribution < -0.4 is 10.0 Å². The molecule has 0 radical (unpaired) electrons. The summed E-state index contributed by atoms with van der Waals surface area (Å²) in [5.74, 6) is -0.474. The predicted octanol–water partition coefficient (Wildman–Crippen LogP) is 5.10. The fourth-order valence-corrected chi connectivity index (χ4v) is 5.49. The van der Waals surface area contributed by atoms with Gasteiger partial charge >= 0.3 is 0 Å². The molecule has 4 N–H and O–H groups in total. The summed E-state index contributed by atoms with van der Waals surface area (Å²) >= 11 is 0. The molecule has 1 unspecified atom stereocenters. The molecule has 0 aliphatic carbocycles. The summed E-state index contributed by atoms with van der Waals surface area (Å²) in [5.41, 5.74) is 9.22. The van der Waals surface area contributed by atoms with Gasteiger partial charge in [-0.3, -0.25) is 9.11 Å². The average molecular weight is 394 g/mol. The summed E-state index contributed by atoms with van der Waals surface area (Å²) in [7, 11) is -3.42. The van der Waals surface area contributed by atoms with Gasteiger partial charge in [-0.1, -0.05) is 23.8 Å². The van der Waals surface area contributed by atoms with Gasteiger partial charge in [-0.2, -0.15) is 4.31 Å². The largest absolute Gasteiger partial charge is 0.330 e. The summed E-state index contributed by atoms with van der Waals surface area (Å²) in [6.07, 6.45) is 1.52. The SMILES string of the molecule is Cc1ccc(N2c3ccc(C)cc3CN(C(C)CCCN)S2(O)O)c(F)c1. The number of nitrogens with two attached hydrogens (primary N) is 1. The average Bonchev–Trinajstić information content (AvgIpc) is 2.60. The maximum Gasteiger partial charge on any atom is 0.148 e. The quantitative estimate of drug-likeness (QED) is 0.659. The molecule has 0 saturated heterocycles. The van der Waals surface area contributed by atoms with Crippen LogP contribution in [0.2, 0.25) is 0 Å². The first-order valence-electron chi connectivity index (χ1n) is 9.16. The highest BCUT2D eigenvalue weighted by Gasteiger charge is 2.41. The van der Waals surface area contributed by atoms with Gasteiger partial charge in [-0.25, -0.2) is 8.70 Å². The highest BCUT2D eigenvalue weighted by molar-refractivity contribution is 8.23. The van der Waals surface area contributed by atoms with Crippen molar-refractivity contribution in [1.29, 1.82) is 0 Å². The van der Waals surface area contributed by atoms with Crippen LogP contribution in [-0.4, -0.2) is 26.0 Å². The van der Waals surface area contributed by atoms with E-state index in [0.29, 0.717) is 18.8 Å². The zero-order valence-corrected chi connectivity index (χ0v) is 16.8. The van der Waals surface area contributed by atoms with Crippen molar-refractivity contribution >= 4 is 22.3 Å². The van der Waals surface area contributed by atoms with Crippen LogP contribution in [0.1, 0.15) is 36.5 Å². The third-order valence-electron chi connectivity index (χ3n) is 4.98. The van der Waals surface area contributed by atoms with Crippen molar-refractivity contribution < 1.29 is 13.5 Å². The lowest BCUT2D eigenvalue weighted by atomic mass is 10.1. The van der Waals surface area contributed by atoms with E-state index in [0.717, 1.165) is 29.5 Å². The van der Waals surface area contributed by atoms with Crippen molar-refractivity contribution in [1.82, 2.24) is 4.31 Å². The van der Waals surface area contributed by atoms with E-state index in [1.165, 1.54) is 10.4 Å². The number of fused-ring (bicyclic) bond motifs is 1. The Morgan fingerprint density at radius 1 is 1.11 bits per heavy atom. The molecule has 2 aromatic rings. The Labute approximate surface area is 162 Å². The van der Waals surface area contributed by atoms with Crippen molar-refractivity contribution in [2.75, 3.05) is 10.8 Å². The van der Waals surface area contributed by atoms with Gasteiger partial charge in [0.25, 0.3) is 0 Å². The lowest BCUT2D eigenvalue weighted by molar-refractivity contribution is 0.269. The molecule has 1 aliphatic rings. The summed E-state index contributed by atoms with van der Waals surface area (Å²) in [6.45, 7) is 6.69. The molecule has 0 bridgehead atoms. The van der Waals surface area contributed by atoms with Crippen LogP contribution in [0.15, 0.2) is 36.4 Å². The van der Waals surface area contributed by atoms with E-state index >= 15 is 0 Å². The van der Waals surface area contributed by atoms with Crippen LogP contribution >= 0.6 is 11.0 Å². The Balaban J connectivity index is 2.13. The zero-order valence-electron chi connectivity index (χ0n) is 16.0. The lowest BCUT2D eigenvalue weighted by Crippen LogP contribution is -2.45. The van der Waals surface area contributed by atoms with E-state index in [1.54, 1.807) is 23.4 Å². The normalized spacial score (nSPS) is 18.9. The molecule has 5 nitrogen and oxygen atoms in total. The van der Waals surface area contributed by atoms with Crippen LogP contribution in [0, 0.1) is 19.7 Å². The second kappa shape index (κ2) is 7.77. The zero-order chi connectivity index (χ0) is 19.8. The Bertz CT molecular complexity index is 831. The van der Waals surface area contributed by atoms with E-state index in [2.05, 4.69) is 0 Å². The van der Waals surface area contributed by atoms with Gasteiger partial charge in [-0.05, 0) is 80.4 Å². The van der Waals surface area contributed by atoms with E-state index < -0.39 is 16.8 Å². The molecular weight excluding hydrogens is 365 g/mol. The molecular formula is C20H28FN3O2S. The smallest absolute Gasteiger partial charge is 0.148 e. The van der Waals surface area contributed by atoms with E-state index in [1.807, 2.05) is 32.0 Å². The first-order chi connectivity index (χ1) is 12.8. The second-order valence-electron chi connectivity index (χ2n) is 7.23. The second-order valence-corrected chi connectivity index (χ2v) is 9.04. The minimum absolute atomic E-state index is 0.108. The molecule has 1 aliphatic heterocycles. The molecule has 27 heavy (non-hydrogen) atoms. The standard InChI is InChI=1S/C20H28FN3O2S/c1-14-6-8-19-17(11-14)13-23(16(3)5-4-10-22)27(25,26)24(19)20-9-7-15(2)12-18(20)21/h6-9,11-12,16,25-26H,4-5,10,13,22H2,1-3H3. The van der Waals surface area contributed by atoms with E-state index in [4.69, 9.17) is 5.73 Å². The van der Waals surface area contributed by atoms with Gasteiger partial charge in [0.2, 0.25) is 0 Å². The molecule has 1 atom stereocenters. The number of nitrogens with zero attached hydrogens (tertiary/aromatic N) is 2. The number of halogens is 1. The molecule has 0 fully saturated rings. The topological polar surface area (TPSA) is 73.0 Å². The molecule has 0 spiro atoms. The molecule has 148 valence electrons. The number of hydrogen-bond donors (Lipinski definition) is 3. The predicted molar refractivity (Wildman–Crippen MR) is 111 cm³/mol. The van der Waals surface area contributed by atoms with Crippen molar-refractivity contribution in [3.8, 4) is 0 Å². The summed E-state index contributed by atoms with van der Waals surface area (Å²) < 4.78 is 40.3. The first-order valence-corrected chi connectivity index (χ1v) is 10.6. The van der Waals surface area contributed by atoms with Gasteiger partial charge in [0.15, 0.2) is 0 Å². The van der Waals surface area contributed by atoms with Gasteiger partial charge in [0.05, 0.1) is 11.4 Å². The fourth-order valence-electron chi connectivity index (χ4n) is 3.52. The van der Waals surface area contributed by atoms with Gasteiger partial charge < -0.3 is 5.73 Å². The molecule has 0 aromatic heterocycles. The molecule has 1 heterocycles. The summed E-state index contributed by atoms with van der Waals surface area (Å²) in [5, 5.41) is 0.